The highest BCUT2D eigenvalue weighted by Crippen LogP contribution is 2.11. The molecule has 0 saturated carbocycles. The lowest BCUT2D eigenvalue weighted by Gasteiger charge is -2.08. The van der Waals surface area contributed by atoms with E-state index in [0.29, 0.717) is 19.1 Å². The molecule has 0 aliphatic heterocycles. The van der Waals surface area contributed by atoms with Gasteiger partial charge in [0.1, 0.15) is 6.61 Å². The number of ether oxygens (including phenoxy) is 1. The summed E-state index contributed by atoms with van der Waals surface area (Å²) < 4.78 is 6.22. The summed E-state index contributed by atoms with van der Waals surface area (Å²) in [5.74, 6) is -0.136. The Kier molecular flexibility index (Phi) is 6.98. The first-order chi connectivity index (χ1) is 8.58. The molecule has 0 spiro atoms. The molecule has 1 rings (SSSR count). The van der Waals surface area contributed by atoms with E-state index in [2.05, 4.69) is 35.1 Å². The zero-order chi connectivity index (χ0) is 13.4. The predicted octanol–water partition coefficient (Wildman–Crippen LogP) is 3.27. The second kappa shape index (κ2) is 8.27. The topological polar surface area (TPSA) is 38.3 Å². The molecule has 18 heavy (non-hydrogen) atoms. The van der Waals surface area contributed by atoms with Crippen LogP contribution in [0.1, 0.15) is 32.3 Å². The van der Waals surface area contributed by atoms with Crippen molar-refractivity contribution in [2.24, 2.45) is 0 Å². The van der Waals surface area contributed by atoms with Crippen molar-refractivity contribution >= 4 is 21.9 Å². The van der Waals surface area contributed by atoms with Gasteiger partial charge < -0.3 is 10.1 Å². The van der Waals surface area contributed by atoms with Gasteiger partial charge in [-0.3, -0.25) is 4.79 Å². The molecule has 0 aliphatic carbocycles. The van der Waals surface area contributed by atoms with Crippen LogP contribution in [0.3, 0.4) is 0 Å². The summed E-state index contributed by atoms with van der Waals surface area (Å²) in [6.07, 6.45) is 1.29. The van der Waals surface area contributed by atoms with Crippen molar-refractivity contribution in [2.45, 2.75) is 39.3 Å². The molecule has 0 aromatic heterocycles. The average Bonchev–Trinajstić information content (AvgIpc) is 2.34. The second-order valence-corrected chi connectivity index (χ2v) is 5.42. The van der Waals surface area contributed by atoms with Gasteiger partial charge in [-0.1, -0.05) is 41.9 Å². The second-order valence-electron chi connectivity index (χ2n) is 4.50. The van der Waals surface area contributed by atoms with E-state index in [9.17, 15) is 4.79 Å². The lowest BCUT2D eigenvalue weighted by molar-refractivity contribution is -0.145. The molecule has 0 bridgehead atoms. The predicted molar refractivity (Wildman–Crippen MR) is 76.3 cm³/mol. The molecule has 1 N–H and O–H groups in total. The maximum absolute atomic E-state index is 11.5. The molecule has 1 aromatic carbocycles. The van der Waals surface area contributed by atoms with Crippen LogP contribution in [0.2, 0.25) is 0 Å². The van der Waals surface area contributed by atoms with Gasteiger partial charge in [0.05, 0.1) is 0 Å². The number of benzene rings is 1. The van der Waals surface area contributed by atoms with Crippen molar-refractivity contribution in [3.8, 4) is 0 Å². The number of rotatable bonds is 7. The van der Waals surface area contributed by atoms with Crippen molar-refractivity contribution in [3.05, 3.63) is 34.3 Å². The summed E-state index contributed by atoms with van der Waals surface area (Å²) in [7, 11) is 0. The summed E-state index contributed by atoms with van der Waals surface area (Å²) in [4.78, 5) is 11.5. The van der Waals surface area contributed by atoms with E-state index in [1.165, 1.54) is 0 Å². The monoisotopic (exact) mass is 313 g/mol. The van der Waals surface area contributed by atoms with Gasteiger partial charge >= 0.3 is 5.97 Å². The van der Waals surface area contributed by atoms with Gasteiger partial charge in [0, 0.05) is 16.9 Å². The van der Waals surface area contributed by atoms with E-state index in [4.69, 9.17) is 4.74 Å². The minimum atomic E-state index is -0.136. The van der Waals surface area contributed by atoms with Crippen LogP contribution in [0.15, 0.2) is 28.7 Å². The molecule has 0 amide bonds. The van der Waals surface area contributed by atoms with Crippen molar-refractivity contribution < 1.29 is 9.53 Å². The van der Waals surface area contributed by atoms with Crippen molar-refractivity contribution in [2.75, 3.05) is 6.54 Å². The van der Waals surface area contributed by atoms with Crippen LogP contribution in [0.25, 0.3) is 0 Å². The van der Waals surface area contributed by atoms with E-state index in [1.54, 1.807) is 0 Å². The van der Waals surface area contributed by atoms with E-state index in [0.717, 1.165) is 23.0 Å². The Labute approximate surface area is 117 Å². The Hall–Kier alpha value is -0.870. The summed E-state index contributed by atoms with van der Waals surface area (Å²) in [6, 6.07) is 8.23. The van der Waals surface area contributed by atoms with Gasteiger partial charge in [0.15, 0.2) is 0 Å². The fraction of sp³-hybridized carbons (Fsp3) is 0.500. The summed E-state index contributed by atoms with van der Waals surface area (Å²) in [5.41, 5.74) is 1.01. The molecule has 0 heterocycles. The Morgan fingerprint density at radius 1 is 1.33 bits per heavy atom. The fourth-order valence-electron chi connectivity index (χ4n) is 1.44. The van der Waals surface area contributed by atoms with Gasteiger partial charge in [0.2, 0.25) is 0 Å². The van der Waals surface area contributed by atoms with E-state index in [-0.39, 0.29) is 5.97 Å². The standard InChI is InChI=1S/C14H20BrNO2/c1-11(2)16-9-3-4-14(17)18-10-12-5-7-13(15)8-6-12/h5-8,11,16H,3-4,9-10H2,1-2H3. The number of hydrogen-bond donors (Lipinski definition) is 1. The minimum absolute atomic E-state index is 0.136. The smallest absolute Gasteiger partial charge is 0.306 e. The molecule has 100 valence electrons. The van der Waals surface area contributed by atoms with Gasteiger partial charge in [0.25, 0.3) is 0 Å². The first-order valence-corrected chi connectivity index (χ1v) is 7.00. The summed E-state index contributed by atoms with van der Waals surface area (Å²) in [6.45, 7) is 5.38. The number of esters is 1. The van der Waals surface area contributed by atoms with Crippen LogP contribution in [0, 0.1) is 0 Å². The highest BCUT2D eigenvalue weighted by molar-refractivity contribution is 9.10. The lowest BCUT2D eigenvalue weighted by atomic mass is 10.2. The molecular formula is C14H20BrNO2. The van der Waals surface area contributed by atoms with Crippen LogP contribution in [-0.4, -0.2) is 18.6 Å². The normalized spacial score (nSPS) is 10.7. The van der Waals surface area contributed by atoms with Crippen molar-refractivity contribution in [1.82, 2.24) is 5.32 Å². The first-order valence-electron chi connectivity index (χ1n) is 6.21. The van der Waals surface area contributed by atoms with Gasteiger partial charge in [-0.15, -0.1) is 0 Å². The highest BCUT2D eigenvalue weighted by atomic mass is 79.9. The molecular weight excluding hydrogens is 294 g/mol. The fourth-order valence-corrected chi connectivity index (χ4v) is 1.70. The van der Waals surface area contributed by atoms with Crippen LogP contribution in [0.4, 0.5) is 0 Å². The number of carbonyl (C=O) groups excluding carboxylic acids is 1. The lowest BCUT2D eigenvalue weighted by Crippen LogP contribution is -2.24. The third kappa shape index (κ3) is 6.77. The van der Waals surface area contributed by atoms with E-state index < -0.39 is 0 Å². The van der Waals surface area contributed by atoms with E-state index in [1.807, 2.05) is 24.3 Å². The van der Waals surface area contributed by atoms with Crippen molar-refractivity contribution in [1.29, 1.82) is 0 Å². The third-order valence-corrected chi connectivity index (χ3v) is 2.95. The minimum Gasteiger partial charge on any atom is -0.461 e. The highest BCUT2D eigenvalue weighted by Gasteiger charge is 2.03. The maximum atomic E-state index is 11.5. The number of hydrogen-bond acceptors (Lipinski definition) is 3. The molecule has 0 radical (unpaired) electrons. The summed E-state index contributed by atoms with van der Waals surface area (Å²) in [5, 5.41) is 3.27. The molecule has 0 saturated heterocycles. The van der Waals surface area contributed by atoms with Crippen molar-refractivity contribution in [3.63, 3.8) is 0 Å². The SMILES string of the molecule is CC(C)NCCCC(=O)OCc1ccc(Br)cc1. The Morgan fingerprint density at radius 2 is 2.00 bits per heavy atom. The molecule has 3 nitrogen and oxygen atoms in total. The Balaban J connectivity index is 2.15. The van der Waals surface area contributed by atoms with Crippen LogP contribution in [0.5, 0.6) is 0 Å². The quantitative estimate of drug-likeness (QED) is 0.620. The Bertz CT molecular complexity index is 363. The summed E-state index contributed by atoms with van der Waals surface area (Å²) >= 11 is 3.36. The number of carbonyl (C=O) groups is 1. The van der Waals surface area contributed by atoms with Gasteiger partial charge in [-0.2, -0.15) is 0 Å². The number of halogens is 1. The average molecular weight is 314 g/mol. The Morgan fingerprint density at radius 3 is 2.61 bits per heavy atom. The molecule has 0 aliphatic rings. The molecule has 0 unspecified atom stereocenters. The zero-order valence-corrected chi connectivity index (χ0v) is 12.5. The molecule has 0 fully saturated rings. The van der Waals surface area contributed by atoms with Gasteiger partial charge in [-0.05, 0) is 30.7 Å². The van der Waals surface area contributed by atoms with E-state index >= 15 is 0 Å². The molecule has 0 atom stereocenters. The molecule has 1 aromatic rings. The third-order valence-electron chi connectivity index (χ3n) is 2.42. The van der Waals surface area contributed by atoms with Crippen LogP contribution in [-0.2, 0) is 16.1 Å². The van der Waals surface area contributed by atoms with Gasteiger partial charge in [-0.25, -0.2) is 0 Å². The zero-order valence-electron chi connectivity index (χ0n) is 10.9. The first kappa shape index (κ1) is 15.2. The molecule has 4 heteroatoms. The van der Waals surface area contributed by atoms with Crippen LogP contribution >= 0.6 is 15.9 Å². The van der Waals surface area contributed by atoms with Crippen LogP contribution < -0.4 is 5.32 Å². The number of nitrogens with one attached hydrogen (secondary N) is 1. The maximum Gasteiger partial charge on any atom is 0.306 e. The largest absolute Gasteiger partial charge is 0.461 e.